The van der Waals surface area contributed by atoms with Gasteiger partial charge in [0, 0.05) is 31.4 Å². The topological polar surface area (TPSA) is 43.2 Å². The molecule has 2 saturated heterocycles. The van der Waals surface area contributed by atoms with Crippen LogP contribution in [0, 0.1) is 18.3 Å². The minimum absolute atomic E-state index is 0.687. The van der Waals surface area contributed by atoms with Gasteiger partial charge in [0.25, 0.3) is 0 Å². The summed E-state index contributed by atoms with van der Waals surface area (Å²) in [6.07, 6.45) is 2.62. The van der Waals surface area contributed by atoms with Crippen molar-refractivity contribution in [2.24, 2.45) is 0 Å². The van der Waals surface area contributed by atoms with E-state index in [9.17, 15) is 0 Å². The molecule has 94 valence electrons. The van der Waals surface area contributed by atoms with E-state index >= 15 is 0 Å². The summed E-state index contributed by atoms with van der Waals surface area (Å²) in [5, 5.41) is 9.03. The van der Waals surface area contributed by atoms with E-state index in [-0.39, 0.29) is 0 Å². The van der Waals surface area contributed by atoms with Gasteiger partial charge >= 0.3 is 0 Å². The number of rotatable bonds is 1. The first-order valence-corrected chi connectivity index (χ1v) is 6.64. The van der Waals surface area contributed by atoms with Gasteiger partial charge in [-0.05, 0) is 38.4 Å². The molecule has 1 aromatic rings. The summed E-state index contributed by atoms with van der Waals surface area (Å²) in [6.45, 7) is 6.42. The number of aryl methyl sites for hydroxylation is 1. The molecule has 1 atom stereocenters. The van der Waals surface area contributed by atoms with Crippen LogP contribution in [0.3, 0.4) is 0 Å². The maximum atomic E-state index is 9.03. The molecule has 0 aliphatic carbocycles. The van der Waals surface area contributed by atoms with E-state index in [0.29, 0.717) is 11.6 Å². The number of piperazine rings is 1. The fraction of sp³-hybridized carbons (Fsp3) is 0.571. The third kappa shape index (κ3) is 2.06. The third-order valence-corrected chi connectivity index (χ3v) is 3.98. The molecule has 2 fully saturated rings. The lowest BCUT2D eigenvalue weighted by molar-refractivity contribution is 0.230. The van der Waals surface area contributed by atoms with Gasteiger partial charge in [-0.1, -0.05) is 0 Å². The van der Waals surface area contributed by atoms with Gasteiger partial charge in [-0.25, -0.2) is 4.98 Å². The Hall–Kier alpha value is -1.60. The lowest BCUT2D eigenvalue weighted by Crippen LogP contribution is -2.50. The van der Waals surface area contributed by atoms with Crippen molar-refractivity contribution in [3.8, 4) is 6.07 Å². The lowest BCUT2D eigenvalue weighted by Gasteiger charge is -2.38. The SMILES string of the molecule is Cc1cc(C#N)cc(N2CCN3CCCC3C2)n1. The first-order chi connectivity index (χ1) is 8.76. The molecule has 0 aromatic carbocycles. The third-order valence-electron chi connectivity index (χ3n) is 3.98. The van der Waals surface area contributed by atoms with E-state index in [1.54, 1.807) is 0 Å². The Morgan fingerprint density at radius 3 is 3.06 bits per heavy atom. The smallest absolute Gasteiger partial charge is 0.130 e. The van der Waals surface area contributed by atoms with Crippen molar-refractivity contribution in [3.05, 3.63) is 23.4 Å². The summed E-state index contributed by atoms with van der Waals surface area (Å²) in [5.74, 6) is 0.970. The first kappa shape index (κ1) is 11.5. The average Bonchev–Trinajstić information content (AvgIpc) is 2.85. The minimum Gasteiger partial charge on any atom is -0.354 e. The maximum absolute atomic E-state index is 9.03. The Morgan fingerprint density at radius 1 is 1.33 bits per heavy atom. The maximum Gasteiger partial charge on any atom is 0.130 e. The zero-order valence-corrected chi connectivity index (χ0v) is 10.8. The highest BCUT2D eigenvalue weighted by molar-refractivity contribution is 5.47. The van der Waals surface area contributed by atoms with E-state index in [0.717, 1.165) is 31.1 Å². The molecule has 3 heterocycles. The van der Waals surface area contributed by atoms with Crippen molar-refractivity contribution in [2.75, 3.05) is 31.1 Å². The minimum atomic E-state index is 0.687. The molecule has 0 saturated carbocycles. The van der Waals surface area contributed by atoms with Gasteiger partial charge in [0.05, 0.1) is 11.6 Å². The molecule has 0 radical (unpaired) electrons. The van der Waals surface area contributed by atoms with E-state index in [1.165, 1.54) is 19.4 Å². The number of hydrogen-bond acceptors (Lipinski definition) is 4. The van der Waals surface area contributed by atoms with E-state index in [2.05, 4.69) is 20.9 Å². The van der Waals surface area contributed by atoms with E-state index < -0.39 is 0 Å². The first-order valence-electron chi connectivity index (χ1n) is 6.64. The predicted octanol–water partition coefficient (Wildman–Crippen LogP) is 1.55. The van der Waals surface area contributed by atoms with Gasteiger partial charge < -0.3 is 4.90 Å². The quantitative estimate of drug-likeness (QED) is 0.749. The zero-order valence-electron chi connectivity index (χ0n) is 10.8. The molecular formula is C14H18N4. The summed E-state index contributed by atoms with van der Waals surface area (Å²) in [7, 11) is 0. The van der Waals surface area contributed by atoms with Crippen molar-refractivity contribution in [3.63, 3.8) is 0 Å². The van der Waals surface area contributed by atoms with Crippen LogP contribution in [0.4, 0.5) is 5.82 Å². The van der Waals surface area contributed by atoms with Crippen molar-refractivity contribution >= 4 is 5.82 Å². The van der Waals surface area contributed by atoms with Crippen LogP contribution in [0.25, 0.3) is 0 Å². The number of hydrogen-bond donors (Lipinski definition) is 0. The summed E-state index contributed by atoms with van der Waals surface area (Å²) >= 11 is 0. The molecule has 1 aromatic heterocycles. The molecule has 0 spiro atoms. The molecule has 0 amide bonds. The number of aromatic nitrogens is 1. The summed E-state index contributed by atoms with van der Waals surface area (Å²) in [4.78, 5) is 9.49. The van der Waals surface area contributed by atoms with Crippen LogP contribution in [0.2, 0.25) is 0 Å². The van der Waals surface area contributed by atoms with Crippen molar-refractivity contribution < 1.29 is 0 Å². The highest BCUT2D eigenvalue weighted by atomic mass is 15.3. The molecule has 2 aliphatic rings. The second-order valence-electron chi connectivity index (χ2n) is 5.25. The standard InChI is InChI=1S/C14H18N4/c1-11-7-12(9-15)8-14(16-11)18-6-5-17-4-2-3-13(17)10-18/h7-8,13H,2-6,10H2,1H3. The van der Waals surface area contributed by atoms with Gasteiger partial charge in [-0.2, -0.15) is 5.26 Å². The molecule has 18 heavy (non-hydrogen) atoms. The number of pyridine rings is 1. The van der Waals surface area contributed by atoms with E-state index in [1.807, 2.05) is 19.1 Å². The lowest BCUT2D eigenvalue weighted by atomic mass is 10.1. The largest absolute Gasteiger partial charge is 0.354 e. The molecule has 4 heteroatoms. The second kappa shape index (κ2) is 4.58. The van der Waals surface area contributed by atoms with Crippen molar-refractivity contribution in [2.45, 2.75) is 25.8 Å². The summed E-state index contributed by atoms with van der Waals surface area (Å²) in [6, 6.07) is 6.66. The Labute approximate surface area is 108 Å². The molecule has 0 N–H and O–H groups in total. The van der Waals surface area contributed by atoms with Crippen LogP contribution in [0.1, 0.15) is 24.1 Å². The summed E-state index contributed by atoms with van der Waals surface area (Å²) in [5.41, 5.74) is 1.64. The van der Waals surface area contributed by atoms with Crippen LogP contribution in [-0.4, -0.2) is 42.1 Å². The zero-order chi connectivity index (χ0) is 12.5. The van der Waals surface area contributed by atoms with Gasteiger partial charge in [0.1, 0.15) is 5.82 Å². The average molecular weight is 242 g/mol. The Kier molecular flexibility index (Phi) is 2.92. The second-order valence-corrected chi connectivity index (χ2v) is 5.25. The van der Waals surface area contributed by atoms with Crippen LogP contribution in [0.15, 0.2) is 12.1 Å². The fourth-order valence-corrected chi connectivity index (χ4v) is 3.08. The number of fused-ring (bicyclic) bond motifs is 1. The fourth-order valence-electron chi connectivity index (χ4n) is 3.08. The van der Waals surface area contributed by atoms with Crippen LogP contribution in [0.5, 0.6) is 0 Å². The van der Waals surface area contributed by atoms with Crippen molar-refractivity contribution in [1.29, 1.82) is 5.26 Å². The highest BCUT2D eigenvalue weighted by Gasteiger charge is 2.31. The van der Waals surface area contributed by atoms with E-state index in [4.69, 9.17) is 5.26 Å². The van der Waals surface area contributed by atoms with Gasteiger partial charge in [0.15, 0.2) is 0 Å². The summed E-state index contributed by atoms with van der Waals surface area (Å²) < 4.78 is 0. The highest BCUT2D eigenvalue weighted by Crippen LogP contribution is 2.25. The van der Waals surface area contributed by atoms with Crippen molar-refractivity contribution in [1.82, 2.24) is 9.88 Å². The molecule has 1 unspecified atom stereocenters. The van der Waals surface area contributed by atoms with Gasteiger partial charge in [-0.15, -0.1) is 0 Å². The van der Waals surface area contributed by atoms with Gasteiger partial charge in [0.2, 0.25) is 0 Å². The molecule has 0 bridgehead atoms. The predicted molar refractivity (Wildman–Crippen MR) is 70.5 cm³/mol. The van der Waals surface area contributed by atoms with Crippen LogP contribution >= 0.6 is 0 Å². The number of anilines is 1. The Bertz CT molecular complexity index is 491. The number of nitrogens with zero attached hydrogens (tertiary/aromatic N) is 4. The number of nitriles is 1. The normalized spacial score (nSPS) is 23.8. The Balaban J connectivity index is 1.82. The van der Waals surface area contributed by atoms with Gasteiger partial charge in [-0.3, -0.25) is 4.90 Å². The van der Waals surface area contributed by atoms with Crippen LogP contribution < -0.4 is 4.90 Å². The molecular weight excluding hydrogens is 224 g/mol. The molecule has 4 nitrogen and oxygen atoms in total. The Morgan fingerprint density at radius 2 is 2.22 bits per heavy atom. The molecule has 2 aliphatic heterocycles. The monoisotopic (exact) mass is 242 g/mol. The molecule has 3 rings (SSSR count). The van der Waals surface area contributed by atoms with Crippen LogP contribution in [-0.2, 0) is 0 Å².